The first-order valence-corrected chi connectivity index (χ1v) is 9.37. The maximum atomic E-state index is 12.9. The van der Waals surface area contributed by atoms with E-state index in [1.807, 2.05) is 36.1 Å². The summed E-state index contributed by atoms with van der Waals surface area (Å²) in [6.07, 6.45) is 6.09. The van der Waals surface area contributed by atoms with Crippen molar-refractivity contribution in [1.29, 1.82) is 0 Å². The minimum Gasteiger partial charge on any atom is -0.382 e. The van der Waals surface area contributed by atoms with Crippen LogP contribution in [-0.4, -0.2) is 42.2 Å². The SMILES string of the molecule is COC[C@H]1[C@H](c2ccccc2)O[C@]2(C)C[C@H](C/C=C\CCl)CC(=O)N12. The highest BCUT2D eigenvalue weighted by atomic mass is 35.5. The number of carbonyl (C=O) groups is 1. The number of carbonyl (C=O) groups excluding carboxylic acids is 1. The molecule has 5 heteroatoms. The van der Waals surface area contributed by atoms with Gasteiger partial charge in [0.15, 0.2) is 0 Å². The summed E-state index contributed by atoms with van der Waals surface area (Å²) in [4.78, 5) is 14.9. The van der Waals surface area contributed by atoms with Crippen molar-refractivity contribution in [2.45, 2.75) is 44.1 Å². The Balaban J connectivity index is 1.85. The molecule has 0 bridgehead atoms. The van der Waals surface area contributed by atoms with Gasteiger partial charge in [0, 0.05) is 19.4 Å². The number of benzene rings is 1. The molecule has 0 aromatic heterocycles. The third kappa shape index (κ3) is 3.76. The maximum absolute atomic E-state index is 12.9. The molecule has 0 unspecified atom stereocenters. The molecular weight excluding hydrogens is 338 g/mol. The lowest BCUT2D eigenvalue weighted by molar-refractivity contribution is -0.165. The smallest absolute Gasteiger partial charge is 0.225 e. The third-order valence-corrected chi connectivity index (χ3v) is 5.34. The van der Waals surface area contributed by atoms with Gasteiger partial charge in [-0.2, -0.15) is 0 Å². The van der Waals surface area contributed by atoms with Gasteiger partial charge in [-0.1, -0.05) is 42.5 Å². The number of piperidine rings is 1. The number of hydrogen-bond donors (Lipinski definition) is 0. The van der Waals surface area contributed by atoms with E-state index in [9.17, 15) is 4.79 Å². The number of amides is 1. The van der Waals surface area contributed by atoms with Crippen LogP contribution < -0.4 is 0 Å². The first-order chi connectivity index (χ1) is 12.1. The number of alkyl halides is 1. The van der Waals surface area contributed by atoms with Gasteiger partial charge in [0.1, 0.15) is 11.8 Å². The zero-order chi connectivity index (χ0) is 17.9. The molecule has 0 spiro atoms. The lowest BCUT2D eigenvalue weighted by Crippen LogP contribution is -2.55. The molecule has 2 aliphatic rings. The van der Waals surface area contributed by atoms with Crippen LogP contribution in [-0.2, 0) is 14.3 Å². The molecular formula is C20H26ClNO3. The minimum absolute atomic E-state index is 0.0933. The van der Waals surface area contributed by atoms with Gasteiger partial charge in [0.05, 0.1) is 12.6 Å². The van der Waals surface area contributed by atoms with E-state index < -0.39 is 5.72 Å². The molecule has 2 heterocycles. The van der Waals surface area contributed by atoms with Crippen molar-refractivity contribution in [1.82, 2.24) is 4.90 Å². The summed E-state index contributed by atoms with van der Waals surface area (Å²) in [7, 11) is 1.67. The van der Waals surface area contributed by atoms with E-state index in [0.717, 1.165) is 18.4 Å². The molecule has 136 valence electrons. The molecule has 3 rings (SSSR count). The van der Waals surface area contributed by atoms with Gasteiger partial charge < -0.3 is 14.4 Å². The summed E-state index contributed by atoms with van der Waals surface area (Å²) in [5.74, 6) is 0.941. The third-order valence-electron chi connectivity index (χ3n) is 5.16. The van der Waals surface area contributed by atoms with Gasteiger partial charge in [-0.25, -0.2) is 0 Å². The molecule has 1 aromatic carbocycles. The second kappa shape index (κ2) is 7.90. The maximum Gasteiger partial charge on any atom is 0.225 e. The van der Waals surface area contributed by atoms with Crippen molar-refractivity contribution >= 4 is 17.5 Å². The minimum atomic E-state index is -0.585. The quantitative estimate of drug-likeness (QED) is 0.568. The molecule has 2 saturated heterocycles. The predicted molar refractivity (Wildman–Crippen MR) is 98.4 cm³/mol. The topological polar surface area (TPSA) is 38.8 Å². The fourth-order valence-corrected chi connectivity index (χ4v) is 4.35. The zero-order valence-electron chi connectivity index (χ0n) is 14.9. The second-order valence-electron chi connectivity index (χ2n) is 7.05. The van der Waals surface area contributed by atoms with Crippen molar-refractivity contribution in [2.24, 2.45) is 5.92 Å². The first-order valence-electron chi connectivity index (χ1n) is 8.84. The molecule has 2 aliphatic heterocycles. The Labute approximate surface area is 154 Å². The van der Waals surface area contributed by atoms with Gasteiger partial charge in [-0.05, 0) is 31.2 Å². The van der Waals surface area contributed by atoms with Crippen LogP contribution in [0.3, 0.4) is 0 Å². The van der Waals surface area contributed by atoms with E-state index in [2.05, 4.69) is 18.2 Å². The summed E-state index contributed by atoms with van der Waals surface area (Å²) in [6, 6.07) is 10.0. The van der Waals surface area contributed by atoms with Crippen LogP contribution in [0.5, 0.6) is 0 Å². The van der Waals surface area contributed by atoms with Gasteiger partial charge in [-0.15, -0.1) is 11.6 Å². The zero-order valence-corrected chi connectivity index (χ0v) is 15.6. The van der Waals surface area contributed by atoms with Gasteiger partial charge in [0.2, 0.25) is 5.91 Å². The first kappa shape index (κ1) is 18.4. The number of allylic oxidation sites excluding steroid dienone is 2. The Morgan fingerprint density at radius 3 is 2.80 bits per heavy atom. The highest BCUT2D eigenvalue weighted by Gasteiger charge is 2.55. The van der Waals surface area contributed by atoms with Crippen LogP contribution in [0.15, 0.2) is 42.5 Å². The molecule has 1 amide bonds. The molecule has 0 N–H and O–H groups in total. The van der Waals surface area contributed by atoms with Crippen molar-refractivity contribution in [3.05, 3.63) is 48.0 Å². The molecule has 0 radical (unpaired) electrons. The van der Waals surface area contributed by atoms with E-state index in [1.165, 1.54) is 0 Å². The average Bonchev–Trinajstić information content (AvgIpc) is 2.89. The lowest BCUT2D eigenvalue weighted by atomic mass is 9.86. The number of hydrogen-bond acceptors (Lipinski definition) is 3. The van der Waals surface area contributed by atoms with E-state index in [0.29, 0.717) is 18.9 Å². The summed E-state index contributed by atoms with van der Waals surface area (Å²) in [5.41, 5.74) is 0.505. The van der Waals surface area contributed by atoms with Crippen LogP contribution in [0, 0.1) is 5.92 Å². The summed E-state index contributed by atoms with van der Waals surface area (Å²) < 4.78 is 11.9. The van der Waals surface area contributed by atoms with Crippen molar-refractivity contribution in [3.8, 4) is 0 Å². The Hall–Kier alpha value is -1.36. The largest absolute Gasteiger partial charge is 0.382 e. The van der Waals surface area contributed by atoms with Crippen LogP contribution in [0.2, 0.25) is 0 Å². The van der Waals surface area contributed by atoms with Crippen molar-refractivity contribution < 1.29 is 14.3 Å². The highest BCUT2D eigenvalue weighted by Crippen LogP contribution is 2.48. The van der Waals surface area contributed by atoms with Crippen LogP contribution in [0.25, 0.3) is 0 Å². The molecule has 25 heavy (non-hydrogen) atoms. The van der Waals surface area contributed by atoms with Crippen LogP contribution in [0.1, 0.15) is 37.9 Å². The monoisotopic (exact) mass is 363 g/mol. The standard InChI is InChI=1S/C20H26ClNO3/c1-20-13-15(8-6-7-11-21)12-18(23)22(20)17(14-24-2)19(25-20)16-9-4-3-5-10-16/h3-7,9-10,15,17,19H,8,11-14H2,1-2H3/b7-6-/t15-,17+,19+,20-/m1/s1. The summed E-state index contributed by atoms with van der Waals surface area (Å²) >= 11 is 5.70. The number of ether oxygens (including phenoxy) is 2. The Morgan fingerprint density at radius 1 is 1.36 bits per heavy atom. The lowest BCUT2D eigenvalue weighted by Gasteiger charge is -2.43. The Morgan fingerprint density at radius 2 is 2.12 bits per heavy atom. The highest BCUT2D eigenvalue weighted by molar-refractivity contribution is 6.18. The van der Waals surface area contributed by atoms with Gasteiger partial charge >= 0.3 is 0 Å². The van der Waals surface area contributed by atoms with Crippen molar-refractivity contribution in [2.75, 3.05) is 19.6 Å². The number of rotatable bonds is 6. The fourth-order valence-electron chi connectivity index (χ4n) is 4.23. The molecule has 0 saturated carbocycles. The average molecular weight is 364 g/mol. The van der Waals surface area contributed by atoms with Crippen LogP contribution in [0.4, 0.5) is 0 Å². The van der Waals surface area contributed by atoms with E-state index in [4.69, 9.17) is 21.1 Å². The molecule has 0 aliphatic carbocycles. The molecule has 2 fully saturated rings. The fraction of sp³-hybridized carbons (Fsp3) is 0.550. The number of fused-ring (bicyclic) bond motifs is 1. The van der Waals surface area contributed by atoms with E-state index >= 15 is 0 Å². The number of halogens is 1. The van der Waals surface area contributed by atoms with Gasteiger partial charge in [0.25, 0.3) is 0 Å². The Bertz CT molecular complexity index is 621. The van der Waals surface area contributed by atoms with Gasteiger partial charge in [-0.3, -0.25) is 4.79 Å². The second-order valence-corrected chi connectivity index (χ2v) is 7.35. The number of methoxy groups -OCH3 is 1. The molecule has 4 nitrogen and oxygen atoms in total. The summed E-state index contributed by atoms with van der Waals surface area (Å²) in [5, 5.41) is 0. The van der Waals surface area contributed by atoms with Crippen molar-refractivity contribution in [3.63, 3.8) is 0 Å². The van der Waals surface area contributed by atoms with E-state index in [1.54, 1.807) is 7.11 Å². The number of nitrogens with zero attached hydrogens (tertiary/aromatic N) is 1. The summed E-state index contributed by atoms with van der Waals surface area (Å²) in [6.45, 7) is 2.51. The Kier molecular flexibility index (Phi) is 5.82. The van der Waals surface area contributed by atoms with Crippen LogP contribution >= 0.6 is 11.6 Å². The molecule has 4 atom stereocenters. The normalized spacial score (nSPS) is 32.4. The predicted octanol–water partition coefficient (Wildman–Crippen LogP) is 3.91. The van der Waals surface area contributed by atoms with E-state index in [-0.39, 0.29) is 24.0 Å². The molecule has 1 aromatic rings.